The maximum Gasteiger partial charge on any atom is 0.0577 e. The minimum absolute atomic E-state index is 0.210. The van der Waals surface area contributed by atoms with Crippen molar-refractivity contribution < 1.29 is 5.11 Å². The van der Waals surface area contributed by atoms with Gasteiger partial charge < -0.3 is 15.3 Å². The van der Waals surface area contributed by atoms with Gasteiger partial charge in [0.1, 0.15) is 0 Å². The summed E-state index contributed by atoms with van der Waals surface area (Å²) in [6, 6.07) is 22.1. The molecule has 6 aliphatic carbocycles. The van der Waals surface area contributed by atoms with Gasteiger partial charge >= 0.3 is 0 Å². The maximum atomic E-state index is 10.7. The lowest BCUT2D eigenvalue weighted by Crippen LogP contribution is -2.41. The molecule has 46 heavy (non-hydrogen) atoms. The topological polar surface area (TPSA) is 35.5 Å². The largest absolute Gasteiger partial charge is 0.393 e. The molecular weight excluding hydrogens is 560 g/mol. The molecule has 232 valence electrons. The molecule has 0 aliphatic heterocycles. The summed E-state index contributed by atoms with van der Waals surface area (Å²) >= 11 is 0. The highest BCUT2D eigenvalue weighted by Crippen LogP contribution is 2.62. The van der Waals surface area contributed by atoms with Crippen molar-refractivity contribution in [2.75, 3.05) is 5.32 Å². The number of nitrogens with zero attached hydrogens (tertiary/aromatic N) is 1. The summed E-state index contributed by atoms with van der Waals surface area (Å²) in [7, 11) is 0. The molecule has 6 aliphatic rings. The molecule has 2 aromatic carbocycles. The van der Waals surface area contributed by atoms with Crippen LogP contribution in [0.4, 0.5) is 5.69 Å². The summed E-state index contributed by atoms with van der Waals surface area (Å²) in [5.41, 5.74) is 10.8. The molecule has 0 amide bonds. The van der Waals surface area contributed by atoms with Crippen LogP contribution in [-0.4, -0.2) is 22.2 Å². The minimum Gasteiger partial charge on any atom is -0.393 e. The zero-order valence-electron chi connectivity index (χ0n) is 26.6. The number of benzene rings is 2. The fourth-order valence-electron chi connectivity index (χ4n) is 8.89. The van der Waals surface area contributed by atoms with Crippen molar-refractivity contribution in [3.8, 4) is 0 Å². The average Bonchev–Trinajstić information content (AvgIpc) is 3.40. The zero-order valence-corrected chi connectivity index (χ0v) is 26.6. The number of para-hydroxylation sites is 1. The van der Waals surface area contributed by atoms with Crippen LogP contribution in [0.3, 0.4) is 0 Å². The van der Waals surface area contributed by atoms with E-state index >= 15 is 0 Å². The number of allylic oxidation sites excluding steroid dienone is 14. The number of aliphatic hydroxyl groups excluding tert-OH is 1. The number of rotatable bonds is 7. The van der Waals surface area contributed by atoms with Crippen LogP contribution in [-0.2, 0) is 5.41 Å². The summed E-state index contributed by atoms with van der Waals surface area (Å²) in [6.07, 6.45) is 35.8. The van der Waals surface area contributed by atoms with Crippen molar-refractivity contribution in [2.45, 2.75) is 68.9 Å². The van der Waals surface area contributed by atoms with Crippen molar-refractivity contribution in [2.24, 2.45) is 11.8 Å². The van der Waals surface area contributed by atoms with Crippen molar-refractivity contribution in [3.63, 3.8) is 0 Å². The first-order chi connectivity index (χ1) is 22.7. The van der Waals surface area contributed by atoms with Gasteiger partial charge in [0.15, 0.2) is 0 Å². The van der Waals surface area contributed by atoms with E-state index in [-0.39, 0.29) is 23.5 Å². The first-order valence-electron chi connectivity index (χ1n) is 17.3. The first-order valence-corrected chi connectivity index (χ1v) is 17.3. The van der Waals surface area contributed by atoms with Crippen LogP contribution in [0.2, 0.25) is 0 Å². The smallest absolute Gasteiger partial charge is 0.0577 e. The van der Waals surface area contributed by atoms with Gasteiger partial charge in [-0.15, -0.1) is 0 Å². The van der Waals surface area contributed by atoms with Crippen LogP contribution in [0.5, 0.6) is 0 Å². The molecule has 0 radical (unpaired) electrons. The number of nitrogens with one attached hydrogen (secondary N) is 1. The van der Waals surface area contributed by atoms with Crippen molar-refractivity contribution in [3.05, 3.63) is 173 Å². The number of hydrogen-bond acceptors (Lipinski definition) is 3. The summed E-state index contributed by atoms with van der Waals surface area (Å²) < 4.78 is 0. The molecular formula is C43H44N2O. The number of aliphatic hydroxyl groups is 1. The quantitative estimate of drug-likeness (QED) is 0.309. The van der Waals surface area contributed by atoms with Gasteiger partial charge in [0, 0.05) is 46.1 Å². The predicted octanol–water partition coefficient (Wildman–Crippen LogP) is 9.60. The second kappa shape index (κ2) is 12.5. The number of fused-ring (bicyclic) bond motifs is 2. The fourth-order valence-corrected chi connectivity index (χ4v) is 8.89. The van der Waals surface area contributed by atoms with Gasteiger partial charge in [-0.25, -0.2) is 0 Å². The summed E-state index contributed by atoms with van der Waals surface area (Å²) in [5.74, 6) is 0.534. The Balaban J connectivity index is 1.29. The third-order valence-corrected chi connectivity index (χ3v) is 10.9. The van der Waals surface area contributed by atoms with Gasteiger partial charge in [-0.1, -0.05) is 109 Å². The molecule has 0 heterocycles. The van der Waals surface area contributed by atoms with E-state index in [1.165, 1.54) is 33.8 Å². The molecule has 0 aromatic heterocycles. The Bertz CT molecular complexity index is 1720. The zero-order chi connectivity index (χ0) is 30.9. The Morgan fingerprint density at radius 2 is 1.52 bits per heavy atom. The molecule has 5 atom stereocenters. The summed E-state index contributed by atoms with van der Waals surface area (Å²) in [6.45, 7) is 0. The van der Waals surface area contributed by atoms with Gasteiger partial charge in [-0.3, -0.25) is 0 Å². The highest BCUT2D eigenvalue weighted by molar-refractivity contribution is 5.63. The molecule has 3 heteroatoms. The van der Waals surface area contributed by atoms with Gasteiger partial charge in [0.2, 0.25) is 0 Å². The molecule has 5 unspecified atom stereocenters. The minimum atomic E-state index is -0.272. The van der Waals surface area contributed by atoms with Crippen LogP contribution in [0.15, 0.2) is 167 Å². The van der Waals surface area contributed by atoms with E-state index in [2.05, 4.69) is 144 Å². The summed E-state index contributed by atoms with van der Waals surface area (Å²) in [5, 5.41) is 14.5. The highest BCUT2D eigenvalue weighted by atomic mass is 16.3. The van der Waals surface area contributed by atoms with E-state index < -0.39 is 0 Å². The monoisotopic (exact) mass is 604 g/mol. The molecule has 0 bridgehead atoms. The van der Waals surface area contributed by atoms with Crippen molar-refractivity contribution in [1.29, 1.82) is 0 Å². The molecule has 0 saturated heterocycles. The van der Waals surface area contributed by atoms with E-state index in [0.717, 1.165) is 57.1 Å². The Labute approximate surface area is 274 Å². The standard InChI is InChI=1S/C43H44N2O/c46-38-25-21-32(22-26-38)43(31-13-5-1-6-14-31)41-29-34(44-33-15-7-2-8-16-33)23-27-39(41)40-28-24-37(30-42(40)43)45(35-17-9-3-10-18-35)36-19-11-4-12-20-36/h1-9,11,13-17,19,21,23-24,27-28,30,34,38,40,42,44,46H,10,12,18,20,22,25-26,29H2. The Hall–Kier alpha value is -4.34. The molecule has 0 fully saturated rings. The van der Waals surface area contributed by atoms with E-state index in [0.29, 0.717) is 5.92 Å². The van der Waals surface area contributed by atoms with Crippen molar-refractivity contribution >= 4 is 5.69 Å². The van der Waals surface area contributed by atoms with Gasteiger partial charge in [0.05, 0.1) is 6.10 Å². The van der Waals surface area contributed by atoms with Gasteiger partial charge in [-0.2, -0.15) is 0 Å². The fraction of sp³-hybridized carbons (Fsp3) is 0.302. The molecule has 2 aromatic rings. The van der Waals surface area contributed by atoms with Crippen LogP contribution < -0.4 is 5.32 Å². The second-order valence-electron chi connectivity index (χ2n) is 13.5. The molecule has 2 N–H and O–H groups in total. The van der Waals surface area contributed by atoms with E-state index in [4.69, 9.17) is 0 Å². The Morgan fingerprint density at radius 3 is 2.17 bits per heavy atom. The van der Waals surface area contributed by atoms with E-state index in [1.54, 1.807) is 5.57 Å². The SMILES string of the molecule is OC1CC=C(C2(c3ccccc3)C3=C(C=CC(Nc4ccccc4)C3)C3C=CC(N(C4=CC=CCC4)C4=CC=CCC4)=CC32)CC1. The lowest BCUT2D eigenvalue weighted by atomic mass is 9.59. The highest BCUT2D eigenvalue weighted by Gasteiger charge is 2.56. The lowest BCUT2D eigenvalue weighted by Gasteiger charge is -2.45. The van der Waals surface area contributed by atoms with Crippen LogP contribution >= 0.6 is 0 Å². The van der Waals surface area contributed by atoms with Crippen molar-refractivity contribution in [1.82, 2.24) is 4.90 Å². The van der Waals surface area contributed by atoms with Crippen LogP contribution in [0.25, 0.3) is 0 Å². The van der Waals surface area contributed by atoms with Gasteiger partial charge in [-0.05, 0) is 98.4 Å². The summed E-state index contributed by atoms with van der Waals surface area (Å²) in [4.78, 5) is 2.57. The molecule has 0 saturated carbocycles. The predicted molar refractivity (Wildman–Crippen MR) is 190 cm³/mol. The van der Waals surface area contributed by atoms with E-state index in [1.807, 2.05) is 0 Å². The lowest BCUT2D eigenvalue weighted by molar-refractivity contribution is 0.158. The third kappa shape index (κ3) is 5.11. The molecule has 8 rings (SSSR count). The normalized spacial score (nSPS) is 29.8. The molecule has 3 nitrogen and oxygen atoms in total. The number of hydrogen-bond donors (Lipinski definition) is 2. The average molecular weight is 605 g/mol. The maximum absolute atomic E-state index is 10.7. The van der Waals surface area contributed by atoms with E-state index in [9.17, 15) is 5.11 Å². The van der Waals surface area contributed by atoms with Gasteiger partial charge in [0.25, 0.3) is 0 Å². The van der Waals surface area contributed by atoms with Crippen LogP contribution in [0.1, 0.15) is 56.9 Å². The molecule has 0 spiro atoms. The Morgan fingerprint density at radius 1 is 0.804 bits per heavy atom. The van der Waals surface area contributed by atoms with Crippen LogP contribution in [0, 0.1) is 11.8 Å². The first kappa shape index (κ1) is 29.1. The number of anilines is 1. The third-order valence-electron chi connectivity index (χ3n) is 10.9. The second-order valence-corrected chi connectivity index (χ2v) is 13.5. The Kier molecular flexibility index (Phi) is 7.88.